The maximum atomic E-state index is 6.39. The largest absolute Gasteiger partial charge is 0.456 e. The van der Waals surface area contributed by atoms with Crippen molar-refractivity contribution in [2.45, 2.75) is 0 Å². The highest BCUT2D eigenvalue weighted by Gasteiger charge is 2.22. The maximum Gasteiger partial charge on any atom is 0.160 e. The number of hydrogen-bond acceptors (Lipinski definition) is 4. The third-order valence-electron chi connectivity index (χ3n) is 8.82. The lowest BCUT2D eigenvalue weighted by atomic mass is 10.1. The number of furan rings is 1. The standard InChI is InChI=1S/C40H23N3OS/c1-2-12-24(13-3-1)40-41-37(39-38(42-40)28-17-7-11-21-36(28)45-39)27-16-5-9-19-32(27)43-31-18-8-4-14-25(31)29-22-30-26-15-6-10-20-34(26)44-35(30)23-33(29)43/h1-23H. The fourth-order valence-corrected chi connectivity index (χ4v) is 7.95. The Balaban J connectivity index is 1.32. The van der Waals surface area contributed by atoms with Crippen molar-refractivity contribution in [1.82, 2.24) is 14.5 Å². The van der Waals surface area contributed by atoms with Gasteiger partial charge < -0.3 is 8.98 Å². The van der Waals surface area contributed by atoms with Crippen molar-refractivity contribution in [2.24, 2.45) is 0 Å². The molecule has 4 nitrogen and oxygen atoms in total. The van der Waals surface area contributed by atoms with Crippen molar-refractivity contribution in [2.75, 3.05) is 0 Å². The van der Waals surface area contributed by atoms with Crippen LogP contribution in [0, 0.1) is 0 Å². The Bertz CT molecular complexity index is 2770. The van der Waals surface area contributed by atoms with Gasteiger partial charge in [0.05, 0.1) is 32.6 Å². The average molecular weight is 594 g/mol. The van der Waals surface area contributed by atoms with E-state index in [1.165, 1.54) is 15.5 Å². The average Bonchev–Trinajstić information content (AvgIpc) is 3.76. The number of rotatable bonds is 3. The van der Waals surface area contributed by atoms with Gasteiger partial charge in [-0.2, -0.15) is 0 Å². The van der Waals surface area contributed by atoms with Crippen LogP contribution in [0.25, 0.3) is 92.4 Å². The molecular weight excluding hydrogens is 571 g/mol. The first-order valence-corrected chi connectivity index (χ1v) is 15.8. The van der Waals surface area contributed by atoms with Crippen LogP contribution in [0.2, 0.25) is 0 Å². The summed E-state index contributed by atoms with van der Waals surface area (Å²) >= 11 is 1.76. The minimum Gasteiger partial charge on any atom is -0.456 e. The number of hydrogen-bond donors (Lipinski definition) is 0. The third-order valence-corrected chi connectivity index (χ3v) is 9.99. The van der Waals surface area contributed by atoms with E-state index in [1.807, 2.05) is 30.3 Å². The van der Waals surface area contributed by atoms with Gasteiger partial charge in [0.2, 0.25) is 0 Å². The molecule has 0 spiro atoms. The molecule has 0 saturated carbocycles. The van der Waals surface area contributed by atoms with E-state index in [9.17, 15) is 0 Å². The molecule has 0 aliphatic heterocycles. The highest BCUT2D eigenvalue weighted by Crippen LogP contribution is 2.43. The molecule has 4 aromatic heterocycles. The molecule has 6 aromatic carbocycles. The highest BCUT2D eigenvalue weighted by molar-refractivity contribution is 7.26. The molecular formula is C40H23N3OS. The summed E-state index contributed by atoms with van der Waals surface area (Å²) in [6.07, 6.45) is 0. The van der Waals surface area contributed by atoms with Crippen molar-refractivity contribution in [3.8, 4) is 28.3 Å². The van der Waals surface area contributed by atoms with Crippen molar-refractivity contribution in [3.05, 3.63) is 140 Å². The Morgan fingerprint density at radius 1 is 0.533 bits per heavy atom. The topological polar surface area (TPSA) is 43.9 Å². The molecule has 0 N–H and O–H groups in total. The summed E-state index contributed by atoms with van der Waals surface area (Å²) in [6.45, 7) is 0. The van der Waals surface area contributed by atoms with Crippen LogP contribution < -0.4 is 0 Å². The molecule has 0 radical (unpaired) electrons. The van der Waals surface area contributed by atoms with Gasteiger partial charge in [0.1, 0.15) is 11.2 Å². The number of benzene rings is 6. The molecule has 0 bridgehead atoms. The lowest BCUT2D eigenvalue weighted by molar-refractivity contribution is 0.669. The van der Waals surface area contributed by atoms with E-state index in [0.29, 0.717) is 0 Å². The zero-order valence-electron chi connectivity index (χ0n) is 23.9. The molecule has 0 aliphatic rings. The van der Waals surface area contributed by atoms with E-state index < -0.39 is 0 Å². The van der Waals surface area contributed by atoms with E-state index >= 15 is 0 Å². The van der Waals surface area contributed by atoms with E-state index in [1.54, 1.807) is 11.3 Å². The SMILES string of the molecule is c1ccc(-c2nc(-c3ccccc3-n3c4ccccc4c4cc5c(cc43)oc3ccccc35)c3sc4ccccc4c3n2)cc1. The van der Waals surface area contributed by atoms with Gasteiger partial charge in [-0.25, -0.2) is 9.97 Å². The van der Waals surface area contributed by atoms with Crippen LogP contribution in [0.1, 0.15) is 0 Å². The van der Waals surface area contributed by atoms with E-state index in [0.717, 1.165) is 76.9 Å². The molecule has 0 fully saturated rings. The van der Waals surface area contributed by atoms with E-state index in [4.69, 9.17) is 14.4 Å². The lowest BCUT2D eigenvalue weighted by Gasteiger charge is -2.15. The maximum absolute atomic E-state index is 6.39. The zero-order valence-corrected chi connectivity index (χ0v) is 24.8. The molecule has 0 saturated heterocycles. The fraction of sp³-hybridized carbons (Fsp3) is 0. The van der Waals surface area contributed by atoms with Gasteiger partial charge in [-0.3, -0.25) is 0 Å². The first-order chi connectivity index (χ1) is 22.3. The van der Waals surface area contributed by atoms with Gasteiger partial charge in [-0.1, -0.05) is 103 Å². The van der Waals surface area contributed by atoms with Crippen molar-refractivity contribution < 1.29 is 4.42 Å². The smallest absolute Gasteiger partial charge is 0.160 e. The van der Waals surface area contributed by atoms with E-state index in [2.05, 4.69) is 114 Å². The predicted molar refractivity (Wildman–Crippen MR) is 187 cm³/mol. The number of para-hydroxylation sites is 3. The lowest BCUT2D eigenvalue weighted by Crippen LogP contribution is -2.00. The van der Waals surface area contributed by atoms with E-state index in [-0.39, 0.29) is 0 Å². The molecule has 10 aromatic rings. The molecule has 45 heavy (non-hydrogen) atoms. The number of aromatic nitrogens is 3. The molecule has 0 unspecified atom stereocenters. The van der Waals surface area contributed by atoms with Gasteiger partial charge in [0, 0.05) is 48.8 Å². The fourth-order valence-electron chi connectivity index (χ4n) is 6.81. The summed E-state index contributed by atoms with van der Waals surface area (Å²) < 4.78 is 11.0. The summed E-state index contributed by atoms with van der Waals surface area (Å²) in [6, 6.07) is 48.8. The summed E-state index contributed by atoms with van der Waals surface area (Å²) in [4.78, 5) is 10.5. The number of thiophene rings is 1. The molecule has 0 atom stereocenters. The summed E-state index contributed by atoms with van der Waals surface area (Å²) in [5.74, 6) is 0.725. The Morgan fingerprint density at radius 2 is 1.27 bits per heavy atom. The molecule has 0 amide bonds. The Hall–Kier alpha value is -5.78. The van der Waals surface area contributed by atoms with Gasteiger partial charge in [0.25, 0.3) is 0 Å². The van der Waals surface area contributed by atoms with Crippen molar-refractivity contribution in [3.63, 3.8) is 0 Å². The quantitative estimate of drug-likeness (QED) is 0.205. The van der Waals surface area contributed by atoms with Crippen molar-refractivity contribution >= 4 is 75.4 Å². The molecule has 4 heterocycles. The van der Waals surface area contributed by atoms with Crippen LogP contribution in [-0.4, -0.2) is 14.5 Å². The second-order valence-corrected chi connectivity index (χ2v) is 12.4. The van der Waals surface area contributed by atoms with Gasteiger partial charge in [0.15, 0.2) is 5.82 Å². The highest BCUT2D eigenvalue weighted by atomic mass is 32.1. The normalized spacial score (nSPS) is 12.0. The van der Waals surface area contributed by atoms with Crippen LogP contribution in [-0.2, 0) is 0 Å². The molecule has 210 valence electrons. The predicted octanol–water partition coefficient (Wildman–Crippen LogP) is 11.2. The summed E-state index contributed by atoms with van der Waals surface area (Å²) in [7, 11) is 0. The third kappa shape index (κ3) is 3.59. The minimum atomic E-state index is 0.725. The molecule has 10 rings (SSSR count). The number of nitrogens with zero attached hydrogens (tertiary/aromatic N) is 3. The monoisotopic (exact) mass is 593 g/mol. The van der Waals surface area contributed by atoms with Crippen LogP contribution in [0.5, 0.6) is 0 Å². The summed E-state index contributed by atoms with van der Waals surface area (Å²) in [5.41, 5.74) is 9.06. The van der Waals surface area contributed by atoms with Crippen molar-refractivity contribution in [1.29, 1.82) is 0 Å². The van der Waals surface area contributed by atoms with Crippen LogP contribution in [0.3, 0.4) is 0 Å². The number of fused-ring (bicyclic) bond motifs is 9. The zero-order chi connectivity index (χ0) is 29.5. The second-order valence-electron chi connectivity index (χ2n) is 11.4. The van der Waals surface area contributed by atoms with Gasteiger partial charge in [-0.05, 0) is 30.3 Å². The van der Waals surface area contributed by atoms with Gasteiger partial charge >= 0.3 is 0 Å². The van der Waals surface area contributed by atoms with Crippen LogP contribution in [0.4, 0.5) is 0 Å². The van der Waals surface area contributed by atoms with Crippen LogP contribution in [0.15, 0.2) is 144 Å². The molecule has 0 aliphatic carbocycles. The molecule has 5 heteroatoms. The Morgan fingerprint density at radius 3 is 2.18 bits per heavy atom. The van der Waals surface area contributed by atoms with Crippen LogP contribution >= 0.6 is 11.3 Å². The Labute approximate surface area is 261 Å². The van der Waals surface area contributed by atoms with Gasteiger partial charge in [-0.15, -0.1) is 11.3 Å². The second kappa shape index (κ2) is 9.36. The first kappa shape index (κ1) is 24.6. The minimum absolute atomic E-state index is 0.725. The summed E-state index contributed by atoms with van der Waals surface area (Å²) in [5, 5.41) is 5.81. The Kier molecular flexibility index (Phi) is 5.12. The first-order valence-electron chi connectivity index (χ1n) is 15.0.